The molecule has 0 fully saturated rings. The van der Waals surface area contributed by atoms with Gasteiger partial charge in [-0.25, -0.2) is 4.79 Å². The maximum Gasteiger partial charge on any atom is 0.411 e. The third-order valence-electron chi connectivity index (χ3n) is 1.84. The van der Waals surface area contributed by atoms with Gasteiger partial charge in [-0.3, -0.25) is 4.90 Å². The molecule has 1 aromatic carbocycles. The highest BCUT2D eigenvalue weighted by Gasteiger charge is 2.08. The van der Waals surface area contributed by atoms with Gasteiger partial charge >= 0.3 is 6.09 Å². The van der Waals surface area contributed by atoms with Gasteiger partial charge in [0.2, 0.25) is 0 Å². The SMILES string of the molecule is COCN(C)C(=O)OCc1ccccc1. The Labute approximate surface area is 89.4 Å². The van der Waals surface area contributed by atoms with Crippen LogP contribution in [-0.4, -0.2) is 31.9 Å². The maximum atomic E-state index is 11.3. The number of benzene rings is 1. The minimum Gasteiger partial charge on any atom is -0.444 e. The van der Waals surface area contributed by atoms with E-state index in [2.05, 4.69) is 0 Å². The molecule has 0 bridgehead atoms. The Morgan fingerprint density at radius 3 is 2.60 bits per heavy atom. The van der Waals surface area contributed by atoms with Crippen LogP contribution in [0.1, 0.15) is 5.56 Å². The summed E-state index contributed by atoms with van der Waals surface area (Å²) in [5.74, 6) is 0. The van der Waals surface area contributed by atoms with E-state index >= 15 is 0 Å². The highest BCUT2D eigenvalue weighted by molar-refractivity contribution is 5.66. The van der Waals surface area contributed by atoms with Gasteiger partial charge in [-0.05, 0) is 5.56 Å². The Hall–Kier alpha value is -1.55. The van der Waals surface area contributed by atoms with Crippen LogP contribution >= 0.6 is 0 Å². The summed E-state index contributed by atoms with van der Waals surface area (Å²) < 4.78 is 9.85. The minimum atomic E-state index is -0.388. The molecule has 1 aromatic rings. The second-order valence-corrected chi connectivity index (χ2v) is 3.16. The van der Waals surface area contributed by atoms with Crippen LogP contribution in [0.4, 0.5) is 4.79 Å². The fraction of sp³-hybridized carbons (Fsp3) is 0.364. The van der Waals surface area contributed by atoms with Gasteiger partial charge in [-0.2, -0.15) is 0 Å². The average molecular weight is 209 g/mol. The van der Waals surface area contributed by atoms with Crippen LogP contribution in [0.15, 0.2) is 30.3 Å². The standard InChI is InChI=1S/C11H15NO3/c1-12(9-14-2)11(13)15-8-10-6-4-3-5-7-10/h3-7H,8-9H2,1-2H3. The highest BCUT2D eigenvalue weighted by Crippen LogP contribution is 2.02. The summed E-state index contributed by atoms with van der Waals surface area (Å²) in [5.41, 5.74) is 0.969. The van der Waals surface area contributed by atoms with Gasteiger partial charge in [0, 0.05) is 14.2 Å². The van der Waals surface area contributed by atoms with E-state index in [1.54, 1.807) is 7.05 Å². The first-order valence-electron chi connectivity index (χ1n) is 4.65. The first kappa shape index (κ1) is 11.5. The number of methoxy groups -OCH3 is 1. The van der Waals surface area contributed by atoms with Gasteiger partial charge in [0.25, 0.3) is 0 Å². The van der Waals surface area contributed by atoms with Crippen molar-refractivity contribution in [3.8, 4) is 0 Å². The Balaban J connectivity index is 2.34. The number of nitrogens with zero attached hydrogens (tertiary/aromatic N) is 1. The van der Waals surface area contributed by atoms with Gasteiger partial charge in [-0.15, -0.1) is 0 Å². The molecule has 1 rings (SSSR count). The average Bonchev–Trinajstić information content (AvgIpc) is 2.27. The van der Waals surface area contributed by atoms with Crippen LogP contribution in [0.25, 0.3) is 0 Å². The van der Waals surface area contributed by atoms with E-state index in [-0.39, 0.29) is 19.4 Å². The fourth-order valence-electron chi connectivity index (χ4n) is 1.08. The lowest BCUT2D eigenvalue weighted by molar-refractivity contribution is 0.0505. The molecule has 82 valence electrons. The largest absolute Gasteiger partial charge is 0.444 e. The van der Waals surface area contributed by atoms with Crippen molar-refractivity contribution in [3.63, 3.8) is 0 Å². The summed E-state index contributed by atoms with van der Waals surface area (Å²) in [5, 5.41) is 0. The minimum absolute atomic E-state index is 0.230. The second-order valence-electron chi connectivity index (χ2n) is 3.16. The lowest BCUT2D eigenvalue weighted by Gasteiger charge is -2.15. The van der Waals surface area contributed by atoms with Crippen molar-refractivity contribution >= 4 is 6.09 Å². The molecule has 0 aliphatic carbocycles. The fourth-order valence-corrected chi connectivity index (χ4v) is 1.08. The monoisotopic (exact) mass is 209 g/mol. The molecule has 0 aromatic heterocycles. The van der Waals surface area contributed by atoms with Crippen LogP contribution in [-0.2, 0) is 16.1 Å². The van der Waals surface area contributed by atoms with Gasteiger partial charge in [0.1, 0.15) is 13.3 Å². The van der Waals surface area contributed by atoms with Crippen molar-refractivity contribution in [1.29, 1.82) is 0 Å². The predicted octanol–water partition coefficient (Wildman–Crippen LogP) is 1.86. The lowest BCUT2D eigenvalue weighted by atomic mass is 10.2. The van der Waals surface area contributed by atoms with Gasteiger partial charge in [-0.1, -0.05) is 30.3 Å². The van der Waals surface area contributed by atoms with E-state index in [0.717, 1.165) is 5.56 Å². The number of rotatable bonds is 4. The van der Waals surface area contributed by atoms with Crippen LogP contribution in [0.5, 0.6) is 0 Å². The summed E-state index contributed by atoms with van der Waals surface area (Å²) in [4.78, 5) is 12.7. The first-order valence-corrected chi connectivity index (χ1v) is 4.65. The quantitative estimate of drug-likeness (QED) is 0.710. The van der Waals surface area contributed by atoms with Gasteiger partial charge in [0.05, 0.1) is 0 Å². The molecule has 0 atom stereocenters. The molecular formula is C11H15NO3. The molecule has 0 N–H and O–H groups in total. The zero-order valence-electron chi connectivity index (χ0n) is 8.97. The zero-order valence-corrected chi connectivity index (χ0v) is 8.97. The van der Waals surface area contributed by atoms with Crippen molar-refractivity contribution in [3.05, 3.63) is 35.9 Å². The molecule has 0 saturated heterocycles. The highest BCUT2D eigenvalue weighted by atomic mass is 16.6. The Morgan fingerprint density at radius 2 is 2.00 bits per heavy atom. The summed E-state index contributed by atoms with van der Waals surface area (Å²) >= 11 is 0. The van der Waals surface area contributed by atoms with E-state index in [4.69, 9.17) is 9.47 Å². The predicted molar refractivity (Wildman–Crippen MR) is 56.3 cm³/mol. The number of amides is 1. The molecule has 0 heterocycles. The molecule has 4 heteroatoms. The summed E-state index contributed by atoms with van der Waals surface area (Å²) in [6.07, 6.45) is -0.388. The number of ether oxygens (including phenoxy) is 2. The van der Waals surface area contributed by atoms with Crippen LogP contribution < -0.4 is 0 Å². The number of carbonyl (C=O) groups is 1. The summed E-state index contributed by atoms with van der Waals surface area (Å²) in [7, 11) is 3.15. The second kappa shape index (κ2) is 6.03. The Bertz CT molecular complexity index is 300. The van der Waals surface area contributed by atoms with Crippen LogP contribution in [0, 0.1) is 0 Å². The topological polar surface area (TPSA) is 38.8 Å². The van der Waals surface area contributed by atoms with E-state index in [9.17, 15) is 4.79 Å². The zero-order chi connectivity index (χ0) is 11.1. The van der Waals surface area contributed by atoms with E-state index in [0.29, 0.717) is 0 Å². The lowest BCUT2D eigenvalue weighted by Crippen LogP contribution is -2.29. The molecule has 4 nitrogen and oxygen atoms in total. The number of hydrogen-bond acceptors (Lipinski definition) is 3. The van der Waals surface area contributed by atoms with Crippen LogP contribution in [0.3, 0.4) is 0 Å². The smallest absolute Gasteiger partial charge is 0.411 e. The molecule has 0 saturated carbocycles. The van der Waals surface area contributed by atoms with Crippen molar-refractivity contribution in [1.82, 2.24) is 4.90 Å². The van der Waals surface area contributed by atoms with Crippen molar-refractivity contribution < 1.29 is 14.3 Å². The van der Waals surface area contributed by atoms with Crippen molar-refractivity contribution in [2.24, 2.45) is 0 Å². The normalized spacial score (nSPS) is 9.73. The van der Waals surface area contributed by atoms with E-state index < -0.39 is 0 Å². The molecule has 0 unspecified atom stereocenters. The third-order valence-corrected chi connectivity index (χ3v) is 1.84. The Kier molecular flexibility index (Phi) is 4.63. The first-order chi connectivity index (χ1) is 7.24. The van der Waals surface area contributed by atoms with E-state index in [1.807, 2.05) is 30.3 Å². The van der Waals surface area contributed by atoms with Crippen LogP contribution in [0.2, 0.25) is 0 Å². The van der Waals surface area contributed by atoms with Crippen molar-refractivity contribution in [2.75, 3.05) is 20.9 Å². The summed E-state index contributed by atoms with van der Waals surface area (Å²) in [6.45, 7) is 0.515. The molecular weight excluding hydrogens is 194 g/mol. The number of hydrogen-bond donors (Lipinski definition) is 0. The molecule has 0 spiro atoms. The third kappa shape index (κ3) is 3.99. The summed E-state index contributed by atoms with van der Waals surface area (Å²) in [6, 6.07) is 9.54. The van der Waals surface area contributed by atoms with E-state index in [1.165, 1.54) is 12.0 Å². The molecule has 15 heavy (non-hydrogen) atoms. The molecule has 0 aliphatic heterocycles. The molecule has 1 amide bonds. The van der Waals surface area contributed by atoms with Gasteiger partial charge < -0.3 is 9.47 Å². The Morgan fingerprint density at radius 1 is 1.33 bits per heavy atom. The molecule has 0 radical (unpaired) electrons. The molecule has 0 aliphatic rings. The van der Waals surface area contributed by atoms with Crippen molar-refractivity contribution in [2.45, 2.75) is 6.61 Å². The number of carbonyl (C=O) groups excluding carboxylic acids is 1. The maximum absolute atomic E-state index is 11.3. The van der Waals surface area contributed by atoms with Gasteiger partial charge in [0.15, 0.2) is 0 Å².